The summed E-state index contributed by atoms with van der Waals surface area (Å²) in [6, 6.07) is 3.47. The molecular weight excluding hydrogens is 353 g/mol. The van der Waals surface area contributed by atoms with Gasteiger partial charge < -0.3 is 10.2 Å². The lowest BCUT2D eigenvalue weighted by Crippen LogP contribution is -2.64. The number of alkyl halides is 3. The first-order valence-corrected chi connectivity index (χ1v) is 6.81. The van der Waals surface area contributed by atoms with E-state index in [-0.39, 0.29) is 10.2 Å². The zero-order chi connectivity index (χ0) is 16.0. The molecule has 1 saturated heterocycles. The quantitative estimate of drug-likeness (QED) is 0.832. The number of nitrogens with zero attached hydrogens (tertiary/aromatic N) is 1. The molecule has 0 spiro atoms. The van der Waals surface area contributed by atoms with Gasteiger partial charge in [-0.2, -0.15) is 13.2 Å². The molecular formula is C13H12BrF3N2O2. The average Bonchev–Trinajstić information content (AvgIpc) is 2.32. The van der Waals surface area contributed by atoms with Crippen molar-refractivity contribution in [3.05, 3.63) is 28.2 Å². The van der Waals surface area contributed by atoms with Gasteiger partial charge in [0.2, 0.25) is 5.91 Å². The summed E-state index contributed by atoms with van der Waals surface area (Å²) in [6.45, 7) is 2.46. The van der Waals surface area contributed by atoms with E-state index in [1.54, 1.807) is 0 Å². The molecule has 1 N–H and O–H groups in total. The molecule has 1 aromatic rings. The lowest BCUT2D eigenvalue weighted by atomic mass is 9.99. The summed E-state index contributed by atoms with van der Waals surface area (Å²) in [6.07, 6.45) is -4.63. The average molecular weight is 365 g/mol. The molecule has 4 nitrogen and oxygen atoms in total. The van der Waals surface area contributed by atoms with Crippen LogP contribution in [0.25, 0.3) is 0 Å². The largest absolute Gasteiger partial charge is 0.418 e. The van der Waals surface area contributed by atoms with Crippen LogP contribution in [0.3, 0.4) is 0 Å². The summed E-state index contributed by atoms with van der Waals surface area (Å²) in [4.78, 5) is 24.8. The Morgan fingerprint density at radius 1 is 1.29 bits per heavy atom. The molecule has 0 radical (unpaired) electrons. The number of piperazine rings is 1. The molecule has 2 amide bonds. The number of hydrogen-bond donors (Lipinski definition) is 1. The van der Waals surface area contributed by atoms with E-state index in [0.717, 1.165) is 11.0 Å². The highest BCUT2D eigenvalue weighted by Crippen LogP contribution is 2.39. The van der Waals surface area contributed by atoms with E-state index < -0.39 is 35.6 Å². The van der Waals surface area contributed by atoms with Crippen LogP contribution in [0.15, 0.2) is 22.7 Å². The number of carbonyl (C=O) groups excluding carboxylic acids is 2. The molecule has 0 aromatic heterocycles. The van der Waals surface area contributed by atoms with Gasteiger partial charge in [0.15, 0.2) is 0 Å². The Morgan fingerprint density at radius 2 is 1.90 bits per heavy atom. The zero-order valence-corrected chi connectivity index (χ0v) is 12.8. The predicted molar refractivity (Wildman–Crippen MR) is 73.7 cm³/mol. The second kappa shape index (κ2) is 5.01. The van der Waals surface area contributed by atoms with Gasteiger partial charge in [-0.3, -0.25) is 9.59 Å². The minimum Gasteiger partial charge on any atom is -0.341 e. The summed E-state index contributed by atoms with van der Waals surface area (Å²) >= 11 is 2.98. The normalized spacial score (nSPS) is 18.7. The van der Waals surface area contributed by atoms with Crippen molar-refractivity contribution < 1.29 is 22.8 Å². The molecule has 0 aliphatic carbocycles. The van der Waals surface area contributed by atoms with Crippen molar-refractivity contribution >= 4 is 33.4 Å². The summed E-state index contributed by atoms with van der Waals surface area (Å²) in [5.41, 5.74) is -2.53. The van der Waals surface area contributed by atoms with Crippen molar-refractivity contribution in [3.63, 3.8) is 0 Å². The topological polar surface area (TPSA) is 49.4 Å². The second-order valence-electron chi connectivity index (χ2n) is 5.22. The van der Waals surface area contributed by atoms with Crippen molar-refractivity contribution in [3.8, 4) is 0 Å². The zero-order valence-electron chi connectivity index (χ0n) is 11.2. The molecule has 1 aliphatic heterocycles. The van der Waals surface area contributed by atoms with Gasteiger partial charge in [0, 0.05) is 4.47 Å². The molecule has 1 heterocycles. The van der Waals surface area contributed by atoms with Gasteiger partial charge in [-0.15, -0.1) is 0 Å². The lowest BCUT2D eigenvalue weighted by Gasteiger charge is -2.38. The van der Waals surface area contributed by atoms with E-state index in [4.69, 9.17) is 0 Å². The Balaban J connectivity index is 2.56. The van der Waals surface area contributed by atoms with Crippen molar-refractivity contribution in [1.29, 1.82) is 0 Å². The maximum absolute atomic E-state index is 13.1. The molecule has 1 fully saturated rings. The Bertz CT molecular complexity index is 614. The Hall–Kier alpha value is -1.57. The minimum absolute atomic E-state index is 0.242. The Kier molecular flexibility index (Phi) is 3.77. The molecule has 8 heteroatoms. The number of rotatable bonds is 1. The molecule has 1 aliphatic rings. The van der Waals surface area contributed by atoms with Crippen LogP contribution in [-0.4, -0.2) is 23.9 Å². The molecule has 21 heavy (non-hydrogen) atoms. The van der Waals surface area contributed by atoms with Crippen LogP contribution < -0.4 is 10.2 Å². The van der Waals surface area contributed by atoms with Gasteiger partial charge in [-0.1, -0.05) is 15.9 Å². The highest BCUT2D eigenvalue weighted by atomic mass is 79.9. The molecule has 1 aromatic carbocycles. The highest BCUT2D eigenvalue weighted by Gasteiger charge is 2.43. The first-order valence-electron chi connectivity index (χ1n) is 6.02. The molecule has 0 unspecified atom stereocenters. The SMILES string of the molecule is CC1(C)NC(=O)CN(c2ccc(Br)cc2C(F)(F)F)C1=O. The van der Waals surface area contributed by atoms with E-state index >= 15 is 0 Å². The number of halogens is 4. The van der Waals surface area contributed by atoms with Crippen LogP contribution in [0.4, 0.5) is 18.9 Å². The van der Waals surface area contributed by atoms with Gasteiger partial charge in [0.1, 0.15) is 12.1 Å². The fraction of sp³-hybridized carbons (Fsp3) is 0.385. The van der Waals surface area contributed by atoms with Crippen molar-refractivity contribution in [2.24, 2.45) is 0 Å². The number of hydrogen-bond acceptors (Lipinski definition) is 2. The van der Waals surface area contributed by atoms with Gasteiger partial charge in [-0.05, 0) is 32.0 Å². The van der Waals surface area contributed by atoms with E-state index in [0.29, 0.717) is 0 Å². The first-order chi connectivity index (χ1) is 9.52. The molecule has 0 bridgehead atoms. The number of nitrogens with one attached hydrogen (secondary N) is 1. The van der Waals surface area contributed by atoms with Crippen LogP contribution in [0.1, 0.15) is 19.4 Å². The fourth-order valence-electron chi connectivity index (χ4n) is 2.16. The third-order valence-electron chi connectivity index (χ3n) is 3.09. The van der Waals surface area contributed by atoms with Crippen molar-refractivity contribution in [2.75, 3.05) is 11.4 Å². The predicted octanol–water partition coefficient (Wildman–Crippen LogP) is 2.71. The van der Waals surface area contributed by atoms with E-state index in [2.05, 4.69) is 21.2 Å². The smallest absolute Gasteiger partial charge is 0.341 e. The van der Waals surface area contributed by atoms with Crippen molar-refractivity contribution in [2.45, 2.75) is 25.6 Å². The lowest BCUT2D eigenvalue weighted by molar-refractivity contribution is -0.138. The molecule has 0 atom stereocenters. The summed E-state index contributed by atoms with van der Waals surface area (Å²) in [5, 5.41) is 2.45. The first kappa shape index (κ1) is 15.8. The maximum atomic E-state index is 13.1. The van der Waals surface area contributed by atoms with Crippen LogP contribution >= 0.6 is 15.9 Å². The van der Waals surface area contributed by atoms with E-state index in [1.807, 2.05) is 0 Å². The van der Waals surface area contributed by atoms with Crippen LogP contribution in [-0.2, 0) is 15.8 Å². The van der Waals surface area contributed by atoms with Crippen molar-refractivity contribution in [1.82, 2.24) is 5.32 Å². The summed E-state index contributed by atoms with van der Waals surface area (Å²) in [5.74, 6) is -1.09. The molecule has 2 rings (SSSR count). The van der Waals surface area contributed by atoms with Gasteiger partial charge in [0.05, 0.1) is 11.3 Å². The van der Waals surface area contributed by atoms with Gasteiger partial charge in [0.25, 0.3) is 5.91 Å². The number of carbonyl (C=O) groups is 2. The second-order valence-corrected chi connectivity index (χ2v) is 6.14. The summed E-state index contributed by atoms with van der Waals surface area (Å²) in [7, 11) is 0. The Labute approximate surface area is 127 Å². The van der Waals surface area contributed by atoms with Crippen LogP contribution in [0.5, 0.6) is 0 Å². The third kappa shape index (κ3) is 3.04. The Morgan fingerprint density at radius 3 is 2.48 bits per heavy atom. The number of benzene rings is 1. The monoisotopic (exact) mass is 364 g/mol. The fourth-order valence-corrected chi connectivity index (χ4v) is 2.52. The van der Waals surface area contributed by atoms with Crippen LogP contribution in [0.2, 0.25) is 0 Å². The molecule has 114 valence electrons. The standard InChI is InChI=1S/C13H12BrF3N2O2/c1-12(2)11(21)19(6-10(20)18-12)9-4-3-7(14)5-8(9)13(15,16)17/h3-5H,6H2,1-2H3,(H,18,20). The third-order valence-corrected chi connectivity index (χ3v) is 3.58. The highest BCUT2D eigenvalue weighted by molar-refractivity contribution is 9.10. The van der Waals surface area contributed by atoms with Crippen LogP contribution in [0, 0.1) is 0 Å². The number of amides is 2. The minimum atomic E-state index is -4.63. The molecule has 0 saturated carbocycles. The summed E-state index contributed by atoms with van der Waals surface area (Å²) < 4.78 is 39.7. The van der Waals surface area contributed by atoms with Gasteiger partial charge >= 0.3 is 6.18 Å². The van der Waals surface area contributed by atoms with Gasteiger partial charge in [-0.25, -0.2) is 0 Å². The van der Waals surface area contributed by atoms with E-state index in [9.17, 15) is 22.8 Å². The maximum Gasteiger partial charge on any atom is 0.418 e. The van der Waals surface area contributed by atoms with E-state index in [1.165, 1.54) is 26.0 Å². The number of anilines is 1.